The Bertz CT molecular complexity index is 3600. The second-order valence-corrected chi connectivity index (χ2v) is 17.3. The van der Waals surface area contributed by atoms with Crippen molar-refractivity contribution in [2.45, 2.75) is 25.4 Å². The molecule has 9 aromatic carbocycles. The Morgan fingerprint density at radius 1 is 0.500 bits per heavy atom. The molecule has 294 valence electrons. The monoisotopic (exact) mass is 795 g/mol. The zero-order valence-electron chi connectivity index (χ0n) is 34.4. The third kappa shape index (κ3) is 5.01. The number of para-hydroxylation sites is 3. The van der Waals surface area contributed by atoms with Crippen molar-refractivity contribution in [1.29, 1.82) is 0 Å². The molecule has 11 aromatic rings. The van der Waals surface area contributed by atoms with Crippen LogP contribution in [0.2, 0.25) is 0 Å². The minimum atomic E-state index is -0.214. The van der Waals surface area contributed by atoms with Gasteiger partial charge in [0.15, 0.2) is 0 Å². The second kappa shape index (κ2) is 13.1. The number of rotatable bonds is 5. The fourth-order valence-corrected chi connectivity index (χ4v) is 10.8. The lowest BCUT2D eigenvalue weighted by molar-refractivity contribution is 0.663. The number of hydrogen-bond donors (Lipinski definition) is 1. The van der Waals surface area contributed by atoms with Crippen LogP contribution < -0.4 is 10.2 Å². The third-order valence-electron chi connectivity index (χ3n) is 13.5. The molecule has 2 aliphatic rings. The first-order chi connectivity index (χ1) is 30.5. The van der Waals surface area contributed by atoms with Crippen LogP contribution in [-0.4, -0.2) is 4.57 Å². The summed E-state index contributed by atoms with van der Waals surface area (Å²) in [7, 11) is 0. The van der Waals surface area contributed by atoms with Gasteiger partial charge in [0.05, 0.1) is 22.4 Å². The molecule has 3 heterocycles. The van der Waals surface area contributed by atoms with Crippen molar-refractivity contribution in [3.8, 4) is 39.1 Å². The maximum Gasteiger partial charge on any atom is 0.137 e. The van der Waals surface area contributed by atoms with Crippen LogP contribution in [0.15, 0.2) is 205 Å². The van der Waals surface area contributed by atoms with Crippen LogP contribution in [0.5, 0.6) is 0 Å². The summed E-state index contributed by atoms with van der Waals surface area (Å²) in [5.41, 5.74) is 19.6. The van der Waals surface area contributed by atoms with E-state index in [0.29, 0.717) is 0 Å². The molecule has 62 heavy (non-hydrogen) atoms. The van der Waals surface area contributed by atoms with Crippen molar-refractivity contribution in [2.75, 3.05) is 10.2 Å². The molecule has 0 saturated carbocycles. The Morgan fingerprint density at radius 3 is 2.06 bits per heavy atom. The lowest BCUT2D eigenvalue weighted by Gasteiger charge is -2.29. The molecule has 1 aliphatic heterocycles. The van der Waals surface area contributed by atoms with Crippen LogP contribution >= 0.6 is 0 Å². The maximum absolute atomic E-state index is 7.10. The van der Waals surface area contributed by atoms with Crippen LogP contribution in [-0.2, 0) is 5.41 Å². The number of furan rings is 1. The Hall–Kier alpha value is -7.82. The quantitative estimate of drug-likeness (QED) is 0.188. The van der Waals surface area contributed by atoms with E-state index in [1.54, 1.807) is 0 Å². The van der Waals surface area contributed by atoms with Crippen molar-refractivity contribution >= 4 is 60.8 Å². The highest BCUT2D eigenvalue weighted by molar-refractivity contribution is 6.14. The Morgan fingerprint density at radius 2 is 1.21 bits per heavy atom. The number of hydrogen-bond acceptors (Lipinski definition) is 3. The summed E-state index contributed by atoms with van der Waals surface area (Å²) in [5.74, 6) is 0. The van der Waals surface area contributed by atoms with E-state index < -0.39 is 0 Å². The van der Waals surface area contributed by atoms with Crippen molar-refractivity contribution in [3.05, 3.63) is 217 Å². The summed E-state index contributed by atoms with van der Waals surface area (Å²) in [6, 6.07) is 72.7. The first-order valence-corrected chi connectivity index (χ1v) is 21.5. The Labute approximate surface area is 359 Å². The smallest absolute Gasteiger partial charge is 0.137 e. The van der Waals surface area contributed by atoms with Crippen LogP contribution in [0.25, 0.3) is 82.8 Å². The second-order valence-electron chi connectivity index (χ2n) is 17.3. The maximum atomic E-state index is 7.10. The predicted molar refractivity (Wildman–Crippen MR) is 258 cm³/mol. The van der Waals surface area contributed by atoms with E-state index in [4.69, 9.17) is 4.42 Å². The third-order valence-corrected chi connectivity index (χ3v) is 13.5. The molecule has 0 bridgehead atoms. The Balaban J connectivity index is 1.04. The van der Waals surface area contributed by atoms with Crippen molar-refractivity contribution in [3.63, 3.8) is 0 Å². The van der Waals surface area contributed by atoms with Gasteiger partial charge in [0, 0.05) is 50.0 Å². The molecule has 13 rings (SSSR count). The largest absolute Gasteiger partial charge is 0.456 e. The molecule has 0 amide bonds. The van der Waals surface area contributed by atoms with Crippen LogP contribution in [0, 0.1) is 0 Å². The summed E-state index contributed by atoms with van der Waals surface area (Å²) in [4.78, 5) is 2.46. The molecule has 0 radical (unpaired) electrons. The van der Waals surface area contributed by atoms with E-state index in [2.05, 4.69) is 229 Å². The SMILES string of the molecule is CC1(C)c2ccccc2-c2ccc3c4ccccc4n(-c4ccc5c(c4)oc4cc(-c6ccccc6)cc(C6Nc7ccccc7N6c6cccc(-c7ccccc7)c6)c45)c3c21. The van der Waals surface area contributed by atoms with Gasteiger partial charge in [-0.1, -0.05) is 153 Å². The average Bonchev–Trinajstić information content (AvgIpc) is 4.06. The summed E-state index contributed by atoms with van der Waals surface area (Å²) in [6.07, 6.45) is -0.214. The molecule has 0 fully saturated rings. The highest BCUT2D eigenvalue weighted by Crippen LogP contribution is 2.54. The van der Waals surface area contributed by atoms with Crippen molar-refractivity contribution < 1.29 is 4.42 Å². The van der Waals surface area contributed by atoms with Crippen LogP contribution in [0.3, 0.4) is 0 Å². The number of benzene rings is 9. The average molecular weight is 796 g/mol. The van der Waals surface area contributed by atoms with Gasteiger partial charge in [0.2, 0.25) is 0 Å². The molecule has 1 aliphatic carbocycles. The first-order valence-electron chi connectivity index (χ1n) is 21.5. The summed E-state index contributed by atoms with van der Waals surface area (Å²) in [5, 5.41) is 8.70. The Kier molecular flexibility index (Phi) is 7.39. The summed E-state index contributed by atoms with van der Waals surface area (Å²) >= 11 is 0. The number of nitrogens with one attached hydrogen (secondary N) is 1. The van der Waals surface area contributed by atoms with Gasteiger partial charge in [-0.3, -0.25) is 0 Å². The molecule has 4 nitrogen and oxygen atoms in total. The molecule has 1 atom stereocenters. The fourth-order valence-electron chi connectivity index (χ4n) is 10.8. The van der Waals surface area contributed by atoms with Crippen LogP contribution in [0.1, 0.15) is 36.7 Å². The van der Waals surface area contributed by atoms with Gasteiger partial charge in [-0.25, -0.2) is 0 Å². The highest BCUT2D eigenvalue weighted by Gasteiger charge is 2.39. The fraction of sp³-hybridized carbons (Fsp3) is 0.0690. The van der Waals surface area contributed by atoms with E-state index in [9.17, 15) is 0 Å². The minimum absolute atomic E-state index is 0.178. The molecular weight excluding hydrogens is 755 g/mol. The molecule has 0 saturated heterocycles. The first kappa shape index (κ1) is 35.0. The van der Waals surface area contributed by atoms with E-state index >= 15 is 0 Å². The van der Waals surface area contributed by atoms with Gasteiger partial charge in [-0.05, 0) is 99.1 Å². The molecule has 1 N–H and O–H groups in total. The normalized spacial score (nSPS) is 15.0. The molecular formula is C58H41N3O. The van der Waals surface area contributed by atoms with Gasteiger partial charge in [0.1, 0.15) is 17.3 Å². The number of aromatic nitrogens is 1. The standard InChI is InChI=1S/C58H41N3O/c1-58(2)48-24-11-9-22-42(48)44-30-31-45-43-23-10-13-26-50(43)60(56(45)55(44)58)41-28-29-46-52(35-41)62-53-34-39(37-18-7-4-8-19-37)33-47(54(46)53)57-59-49-25-12-14-27-51(49)61(57)40-21-15-20-38(32-40)36-16-5-3-6-17-36/h3-35,57,59H,1-2H3. The minimum Gasteiger partial charge on any atom is -0.456 e. The molecule has 1 unspecified atom stereocenters. The van der Waals surface area contributed by atoms with Gasteiger partial charge in [-0.15, -0.1) is 0 Å². The van der Waals surface area contributed by atoms with E-state index in [-0.39, 0.29) is 11.6 Å². The number of anilines is 3. The van der Waals surface area contributed by atoms with E-state index in [1.807, 2.05) is 0 Å². The van der Waals surface area contributed by atoms with Gasteiger partial charge in [-0.2, -0.15) is 0 Å². The summed E-state index contributed by atoms with van der Waals surface area (Å²) < 4.78 is 9.58. The molecule has 2 aromatic heterocycles. The van der Waals surface area contributed by atoms with Gasteiger partial charge in [0.25, 0.3) is 0 Å². The lowest BCUT2D eigenvalue weighted by atomic mass is 9.81. The van der Waals surface area contributed by atoms with Crippen molar-refractivity contribution in [2.24, 2.45) is 0 Å². The van der Waals surface area contributed by atoms with Crippen LogP contribution in [0.4, 0.5) is 17.1 Å². The topological polar surface area (TPSA) is 33.3 Å². The zero-order chi connectivity index (χ0) is 41.1. The number of fused-ring (bicyclic) bond motifs is 11. The van der Waals surface area contributed by atoms with Gasteiger partial charge >= 0.3 is 0 Å². The van der Waals surface area contributed by atoms with Gasteiger partial charge < -0.3 is 19.2 Å². The zero-order valence-corrected chi connectivity index (χ0v) is 34.4. The van der Waals surface area contributed by atoms with E-state index in [1.165, 1.54) is 55.2 Å². The predicted octanol–water partition coefficient (Wildman–Crippen LogP) is 15.6. The lowest BCUT2D eigenvalue weighted by Crippen LogP contribution is -2.23. The highest BCUT2D eigenvalue weighted by atomic mass is 16.3. The van der Waals surface area contributed by atoms with E-state index in [0.717, 1.165) is 61.4 Å². The summed E-state index contributed by atoms with van der Waals surface area (Å²) in [6.45, 7) is 4.76. The van der Waals surface area contributed by atoms with Crippen molar-refractivity contribution in [1.82, 2.24) is 4.57 Å². The molecule has 4 heteroatoms. The number of nitrogens with zero attached hydrogens (tertiary/aromatic N) is 2. The molecule has 0 spiro atoms.